The van der Waals surface area contributed by atoms with Gasteiger partial charge in [-0.25, -0.2) is 0 Å². The third-order valence-corrected chi connectivity index (χ3v) is 12.1. The van der Waals surface area contributed by atoms with Crippen LogP contribution in [0.3, 0.4) is 0 Å². The molecular formula is C30H34Cl2N2ORuS. The number of ether oxygens (including phenoxy) is 1. The number of halogens is 2. The number of aryl methyl sites for hydroxylation is 6. The van der Waals surface area contributed by atoms with E-state index in [1.807, 2.05) is 24.3 Å². The third kappa shape index (κ3) is 5.91. The maximum absolute atomic E-state index is 7.52. The molecule has 0 aromatic heterocycles. The first kappa shape index (κ1) is 28.1. The molecule has 1 saturated heterocycles. The summed E-state index contributed by atoms with van der Waals surface area (Å²) < 4.78 is 8.95. The molecule has 0 aliphatic carbocycles. The Hall–Kier alpha value is -1.91. The Bertz CT molecular complexity index is 1370. The van der Waals surface area contributed by atoms with Crippen LogP contribution < -0.4 is 14.5 Å². The van der Waals surface area contributed by atoms with Crippen molar-refractivity contribution in [3.05, 3.63) is 87.5 Å². The molecule has 0 unspecified atom stereocenters. The summed E-state index contributed by atoms with van der Waals surface area (Å²) in [7, 11) is 15.0. The Balaban J connectivity index is 2.03. The van der Waals surface area contributed by atoms with Gasteiger partial charge in [0.1, 0.15) is 0 Å². The number of benzene rings is 3. The Morgan fingerprint density at radius 2 is 1.27 bits per heavy atom. The number of hydrogen-bond acceptors (Lipinski definition) is 4. The van der Waals surface area contributed by atoms with Gasteiger partial charge in [0.2, 0.25) is 0 Å². The number of para-hydroxylation sites is 1. The Morgan fingerprint density at radius 3 is 1.73 bits per heavy atom. The van der Waals surface area contributed by atoms with Gasteiger partial charge in [0.15, 0.2) is 0 Å². The summed E-state index contributed by atoms with van der Waals surface area (Å²) >= 11 is 1.34. The van der Waals surface area contributed by atoms with Crippen molar-refractivity contribution in [2.45, 2.75) is 41.5 Å². The van der Waals surface area contributed by atoms with Crippen LogP contribution in [0.15, 0.2) is 48.5 Å². The van der Waals surface area contributed by atoms with Crippen LogP contribution in [0.4, 0.5) is 11.4 Å². The first-order chi connectivity index (χ1) is 17.5. The van der Waals surface area contributed by atoms with Crippen LogP contribution >= 0.6 is 31.6 Å². The molecule has 0 N–H and O–H groups in total. The van der Waals surface area contributed by atoms with Gasteiger partial charge in [-0.1, -0.05) is 0 Å². The van der Waals surface area contributed by atoms with Gasteiger partial charge in [0.25, 0.3) is 0 Å². The van der Waals surface area contributed by atoms with Gasteiger partial charge in [-0.15, -0.1) is 0 Å². The molecule has 0 amide bonds. The van der Waals surface area contributed by atoms with Crippen molar-refractivity contribution in [1.29, 1.82) is 0 Å². The molecule has 3 nitrogen and oxygen atoms in total. The van der Waals surface area contributed by atoms with Crippen LogP contribution in [0.2, 0.25) is 0 Å². The molecule has 198 valence electrons. The zero-order chi connectivity index (χ0) is 26.9. The van der Waals surface area contributed by atoms with E-state index in [-0.39, 0.29) is 0 Å². The summed E-state index contributed by atoms with van der Waals surface area (Å²) in [4.78, 5) is 4.73. The summed E-state index contributed by atoms with van der Waals surface area (Å²) in [5.74, 6) is 0.734. The minimum absolute atomic E-state index is 0.348. The molecule has 3 aromatic carbocycles. The van der Waals surface area contributed by atoms with Crippen LogP contribution in [-0.2, 0) is 11.9 Å². The third-order valence-electron chi connectivity index (χ3n) is 6.46. The molecule has 0 spiro atoms. The predicted octanol–water partition coefficient (Wildman–Crippen LogP) is 7.64. The molecule has 0 bridgehead atoms. The SMILES string of the molecule is Cc1cc(C)c(N2CCN(c3c(C)cc(C)cc3C)[C]2=[Ru]([Cl])([Cl])=[CH]c2ccccc2OCC=S)c(C)c1. The zero-order valence-electron chi connectivity index (χ0n) is 22.2. The average Bonchev–Trinajstić information content (AvgIpc) is 3.22. The first-order valence-electron chi connectivity index (χ1n) is 12.2. The van der Waals surface area contributed by atoms with E-state index in [1.165, 1.54) is 44.8 Å². The fourth-order valence-electron chi connectivity index (χ4n) is 5.38. The molecule has 4 rings (SSSR count). The summed E-state index contributed by atoms with van der Waals surface area (Å²) in [6.07, 6.45) is 0. The van der Waals surface area contributed by atoms with Crippen molar-refractivity contribution < 1.29 is 16.6 Å². The summed E-state index contributed by atoms with van der Waals surface area (Å²) in [6.45, 7) is 14.9. The molecule has 1 heterocycles. The van der Waals surface area contributed by atoms with Gasteiger partial charge in [-0.3, -0.25) is 0 Å². The molecule has 37 heavy (non-hydrogen) atoms. The van der Waals surface area contributed by atoms with E-state index in [0.717, 1.165) is 28.8 Å². The van der Waals surface area contributed by atoms with Crippen molar-refractivity contribution in [2.75, 3.05) is 29.5 Å². The summed E-state index contributed by atoms with van der Waals surface area (Å²) in [5, 5.41) is 1.58. The van der Waals surface area contributed by atoms with Crippen molar-refractivity contribution >= 4 is 57.3 Å². The monoisotopic (exact) mass is 642 g/mol. The molecule has 1 aliphatic heterocycles. The van der Waals surface area contributed by atoms with E-state index in [4.69, 9.17) is 36.3 Å². The molecule has 1 fully saturated rings. The van der Waals surface area contributed by atoms with Gasteiger partial charge >= 0.3 is 238 Å². The Morgan fingerprint density at radius 1 is 0.811 bits per heavy atom. The first-order valence-corrected chi connectivity index (χ1v) is 19.1. The number of thiocarbonyl (C=S) groups is 1. The second kappa shape index (κ2) is 11.5. The van der Waals surface area contributed by atoms with Gasteiger partial charge in [-0.2, -0.15) is 0 Å². The topological polar surface area (TPSA) is 15.7 Å². The van der Waals surface area contributed by atoms with Crippen molar-refractivity contribution in [3.8, 4) is 5.75 Å². The molecule has 3 aromatic rings. The van der Waals surface area contributed by atoms with E-state index in [9.17, 15) is 0 Å². The second-order valence-electron chi connectivity index (χ2n) is 9.61. The fourth-order valence-corrected chi connectivity index (χ4v) is 11.5. The Kier molecular flexibility index (Phi) is 8.70. The number of hydrogen-bond donors (Lipinski definition) is 0. The fraction of sp³-hybridized carbons (Fsp3) is 0.300. The van der Waals surface area contributed by atoms with Crippen LogP contribution in [0, 0.1) is 41.5 Å². The van der Waals surface area contributed by atoms with Gasteiger partial charge in [0.05, 0.1) is 0 Å². The van der Waals surface area contributed by atoms with Crippen LogP contribution in [0.1, 0.15) is 38.9 Å². The molecule has 0 saturated carbocycles. The Labute approximate surface area is 236 Å². The van der Waals surface area contributed by atoms with Crippen molar-refractivity contribution in [3.63, 3.8) is 0 Å². The van der Waals surface area contributed by atoms with Gasteiger partial charge in [-0.05, 0) is 0 Å². The molecule has 0 atom stereocenters. The van der Waals surface area contributed by atoms with E-state index in [0.29, 0.717) is 6.61 Å². The second-order valence-corrected chi connectivity index (χ2v) is 19.2. The maximum atomic E-state index is 7.52. The number of anilines is 2. The number of rotatable bonds is 6. The summed E-state index contributed by atoms with van der Waals surface area (Å²) in [6, 6.07) is 16.8. The van der Waals surface area contributed by atoms with Crippen LogP contribution in [-0.4, -0.2) is 34.0 Å². The van der Waals surface area contributed by atoms with Crippen molar-refractivity contribution in [1.82, 2.24) is 0 Å². The summed E-state index contributed by atoms with van der Waals surface area (Å²) in [5.41, 5.74) is 10.7. The number of nitrogens with zero attached hydrogens (tertiary/aromatic N) is 2. The molecular weight excluding hydrogens is 608 g/mol. The van der Waals surface area contributed by atoms with Crippen LogP contribution in [0.25, 0.3) is 0 Å². The standard InChI is InChI=1S/C21H26N2.C9H8OS.2ClH.Ru/c1-14-9-16(3)20(17(4)10-14)22-7-8-23(13-22)21-18(5)11-15(2)12-19(21)6;1-8-4-2-3-5-9(8)10-6-7-11;;;/h9-12H,7-8H2,1-6H3;1-5,7H,6H2;2*1H;/q;;;;+2/p-2. The quantitative estimate of drug-likeness (QED) is 0.203. The average molecular weight is 643 g/mol. The minimum atomic E-state index is -3.64. The molecule has 1 aliphatic rings. The molecule has 0 radical (unpaired) electrons. The van der Waals surface area contributed by atoms with E-state index in [1.54, 1.807) is 5.37 Å². The van der Waals surface area contributed by atoms with Crippen LogP contribution in [0.5, 0.6) is 5.75 Å². The van der Waals surface area contributed by atoms with E-state index in [2.05, 4.69) is 80.2 Å². The van der Waals surface area contributed by atoms with Crippen molar-refractivity contribution in [2.24, 2.45) is 0 Å². The molecule has 7 heteroatoms. The van der Waals surface area contributed by atoms with Gasteiger partial charge < -0.3 is 0 Å². The van der Waals surface area contributed by atoms with E-state index < -0.39 is 11.9 Å². The van der Waals surface area contributed by atoms with Gasteiger partial charge in [0, 0.05) is 0 Å². The van der Waals surface area contributed by atoms with E-state index >= 15 is 0 Å². The normalized spacial score (nSPS) is 14.2. The predicted molar refractivity (Wildman–Crippen MR) is 163 cm³/mol. The zero-order valence-corrected chi connectivity index (χ0v) is 26.3.